The van der Waals surface area contributed by atoms with Gasteiger partial charge in [-0.05, 0) is 96.7 Å². The first-order valence-electron chi connectivity index (χ1n) is 22.0. The van der Waals surface area contributed by atoms with Crippen molar-refractivity contribution in [2.24, 2.45) is 5.73 Å². The van der Waals surface area contributed by atoms with E-state index >= 15 is 0 Å². The topological polar surface area (TPSA) is 166 Å². The zero-order valence-electron chi connectivity index (χ0n) is 37.5. The molecule has 4 heterocycles. The number of carbonyl (C=O) groups excluding carboxylic acids is 1. The second-order valence-electron chi connectivity index (χ2n) is 16.5. The number of hydrogen-bond donors (Lipinski definition) is 2. The molecule has 1 atom stereocenters. The summed E-state index contributed by atoms with van der Waals surface area (Å²) in [5.41, 5.74) is 12.1. The van der Waals surface area contributed by atoms with E-state index in [1.165, 1.54) is 29.8 Å². The molecule has 0 bridgehead atoms. The molecule has 0 radical (unpaired) electrons. The Kier molecular flexibility index (Phi) is 15.1. The lowest BCUT2D eigenvalue weighted by molar-refractivity contribution is -0.145. The smallest absolute Gasteiger partial charge is 0.345 e. The van der Waals surface area contributed by atoms with Crippen molar-refractivity contribution in [3.05, 3.63) is 136 Å². The quantitative estimate of drug-likeness (QED) is 0.0791. The molecule has 3 N–H and O–H groups in total. The number of nitrogens with two attached hydrogens (primary N) is 1. The van der Waals surface area contributed by atoms with E-state index in [1.807, 2.05) is 55.5 Å². The molecule has 0 unspecified atom stereocenters. The number of carboxylic acid groups (broad SMARTS) is 1. The van der Waals surface area contributed by atoms with Gasteiger partial charge in [-0.25, -0.2) is 29.1 Å². The summed E-state index contributed by atoms with van der Waals surface area (Å²) in [7, 11) is 3.71. The minimum absolute atomic E-state index is 0.0304. The Bertz CT molecular complexity index is 2890. The molecule has 3 aromatic heterocycles. The molecular formula is C51H51ClFN7O6S. The fourth-order valence-corrected chi connectivity index (χ4v) is 9.65. The number of thiophene rings is 1. The maximum Gasteiger partial charge on any atom is 0.345 e. The summed E-state index contributed by atoms with van der Waals surface area (Å²) < 4.78 is 32.6. The largest absolute Gasteiger partial charge is 0.496 e. The van der Waals surface area contributed by atoms with Crippen LogP contribution < -0.4 is 19.9 Å². The predicted octanol–water partition coefficient (Wildman–Crippen LogP) is 8.84. The second kappa shape index (κ2) is 21.5. The van der Waals surface area contributed by atoms with Crippen LogP contribution in [0.25, 0.3) is 43.2 Å². The number of para-hydroxylation sites is 1. The van der Waals surface area contributed by atoms with Gasteiger partial charge >= 0.3 is 5.97 Å². The Labute approximate surface area is 397 Å². The molecule has 16 heteroatoms. The Morgan fingerprint density at radius 1 is 0.940 bits per heavy atom. The van der Waals surface area contributed by atoms with Gasteiger partial charge in [0.1, 0.15) is 40.9 Å². The SMILES string of the molecule is COc1ccccc1-c1nccc(COc2ccc(CC(=O)CCCN3CCN(C)CC3)cc2C[C@@H](Oc2ncnc3sc(-c4ccc(F)cc4)c(-c4ccc(CN)c(Cl)c4C)c23)C(=O)O)n1. The average Bonchev–Trinajstić information content (AvgIpc) is 3.73. The number of ether oxygens (including phenoxy) is 3. The Balaban J connectivity index is 1.12. The lowest BCUT2D eigenvalue weighted by Gasteiger charge is -2.32. The summed E-state index contributed by atoms with van der Waals surface area (Å²) in [6.07, 6.45) is 2.70. The number of halogens is 2. The Hall–Kier alpha value is -6.36. The van der Waals surface area contributed by atoms with Crippen LogP contribution in [-0.2, 0) is 35.6 Å². The normalized spacial score (nSPS) is 13.7. The summed E-state index contributed by atoms with van der Waals surface area (Å²) in [5.74, 6) is -0.0384. The predicted molar refractivity (Wildman–Crippen MR) is 258 cm³/mol. The molecule has 67 heavy (non-hydrogen) atoms. The van der Waals surface area contributed by atoms with Gasteiger partial charge in [-0.15, -0.1) is 11.3 Å². The molecule has 0 saturated carbocycles. The summed E-state index contributed by atoms with van der Waals surface area (Å²) in [4.78, 5) is 51.0. The second-order valence-corrected chi connectivity index (χ2v) is 17.9. The van der Waals surface area contributed by atoms with E-state index in [-0.39, 0.29) is 37.7 Å². The highest BCUT2D eigenvalue weighted by molar-refractivity contribution is 7.22. The summed E-state index contributed by atoms with van der Waals surface area (Å²) >= 11 is 8.20. The van der Waals surface area contributed by atoms with Crippen molar-refractivity contribution in [1.82, 2.24) is 29.7 Å². The van der Waals surface area contributed by atoms with E-state index in [4.69, 9.17) is 36.5 Å². The highest BCUT2D eigenvalue weighted by atomic mass is 35.5. The van der Waals surface area contributed by atoms with Crippen LogP contribution in [-0.4, -0.2) is 99.6 Å². The molecule has 7 aromatic rings. The number of carboxylic acids is 1. The zero-order chi connectivity index (χ0) is 47.0. The van der Waals surface area contributed by atoms with E-state index < -0.39 is 17.9 Å². The first kappa shape index (κ1) is 47.1. The van der Waals surface area contributed by atoms with Crippen LogP contribution >= 0.6 is 22.9 Å². The number of nitrogens with zero attached hydrogens (tertiary/aromatic N) is 6. The van der Waals surface area contributed by atoms with Gasteiger partial charge in [0, 0.05) is 73.6 Å². The monoisotopic (exact) mass is 943 g/mol. The molecule has 1 aliphatic rings. The fraction of sp³-hybridized carbons (Fsp3) is 0.294. The third-order valence-electron chi connectivity index (χ3n) is 11.9. The molecule has 0 aliphatic carbocycles. The number of aliphatic carboxylic acids is 1. The van der Waals surface area contributed by atoms with Gasteiger partial charge in [0.05, 0.1) is 23.8 Å². The number of Topliss-reactive ketones (excluding diaryl/α,β-unsaturated/α-hetero) is 1. The van der Waals surface area contributed by atoms with Crippen LogP contribution in [0.5, 0.6) is 17.4 Å². The molecule has 1 fully saturated rings. The average molecular weight is 945 g/mol. The highest BCUT2D eigenvalue weighted by Crippen LogP contribution is 2.49. The number of rotatable bonds is 19. The zero-order valence-corrected chi connectivity index (χ0v) is 39.1. The Morgan fingerprint density at radius 2 is 1.73 bits per heavy atom. The van der Waals surface area contributed by atoms with Gasteiger partial charge in [-0.2, -0.15) is 0 Å². The van der Waals surface area contributed by atoms with E-state index in [0.29, 0.717) is 61.4 Å². The van der Waals surface area contributed by atoms with Crippen LogP contribution in [0.15, 0.2) is 97.5 Å². The van der Waals surface area contributed by atoms with E-state index in [1.54, 1.807) is 37.6 Å². The summed E-state index contributed by atoms with van der Waals surface area (Å²) in [6.45, 7) is 6.99. The molecule has 4 aromatic carbocycles. The van der Waals surface area contributed by atoms with Gasteiger partial charge < -0.3 is 34.9 Å². The molecule has 13 nitrogen and oxygen atoms in total. The minimum Gasteiger partial charge on any atom is -0.496 e. The van der Waals surface area contributed by atoms with Crippen molar-refractivity contribution < 1.29 is 33.3 Å². The first-order valence-corrected chi connectivity index (χ1v) is 23.2. The minimum atomic E-state index is -1.47. The van der Waals surface area contributed by atoms with Crippen LogP contribution in [0, 0.1) is 12.7 Å². The van der Waals surface area contributed by atoms with Crippen molar-refractivity contribution in [2.45, 2.75) is 51.9 Å². The number of hydrogen-bond acceptors (Lipinski definition) is 13. The van der Waals surface area contributed by atoms with Crippen LogP contribution in [0.1, 0.15) is 40.8 Å². The number of ketones is 1. The van der Waals surface area contributed by atoms with Crippen molar-refractivity contribution >= 4 is 44.9 Å². The lowest BCUT2D eigenvalue weighted by Crippen LogP contribution is -2.44. The number of aromatic nitrogens is 4. The number of methoxy groups -OCH3 is 1. The van der Waals surface area contributed by atoms with Gasteiger partial charge in [0.15, 0.2) is 5.82 Å². The third kappa shape index (κ3) is 11.1. The van der Waals surface area contributed by atoms with Gasteiger partial charge in [0.2, 0.25) is 12.0 Å². The van der Waals surface area contributed by atoms with E-state index in [2.05, 4.69) is 31.8 Å². The fourth-order valence-electron chi connectivity index (χ4n) is 8.26. The third-order valence-corrected chi connectivity index (χ3v) is 13.6. The van der Waals surface area contributed by atoms with Crippen LogP contribution in [0.4, 0.5) is 4.39 Å². The molecular weight excluding hydrogens is 893 g/mol. The lowest BCUT2D eigenvalue weighted by atomic mass is 9.94. The molecule has 8 rings (SSSR count). The molecule has 0 spiro atoms. The van der Waals surface area contributed by atoms with Crippen molar-refractivity contribution in [3.8, 4) is 50.3 Å². The maximum atomic E-state index is 14.2. The molecule has 0 amide bonds. The van der Waals surface area contributed by atoms with Crippen LogP contribution in [0.3, 0.4) is 0 Å². The number of fused-ring (bicyclic) bond motifs is 1. The number of piperazine rings is 1. The molecule has 1 saturated heterocycles. The standard InChI is InChI=1S/C51H51ClFN7O6S/c1-31-39(16-13-34(28-54)46(31)52)44-45-49(56-30-57-50(45)67-47(44)33-11-14-36(53)15-12-33)66-43(51(62)63)27-35-25-32(26-38(61)7-6-20-60-23-21-59(2)22-24-60)10-17-41(35)65-29-37-18-19-55-48(58-37)40-8-4-5-9-42(40)64-3/h4-5,8-19,25,30,43H,6-7,20-24,26-29,54H2,1-3H3,(H,62,63)/t43-/m1/s1. The summed E-state index contributed by atoms with van der Waals surface area (Å²) in [5, 5.41) is 11.8. The summed E-state index contributed by atoms with van der Waals surface area (Å²) in [6, 6.07) is 24.5. The maximum absolute atomic E-state index is 14.2. The Morgan fingerprint density at radius 3 is 2.49 bits per heavy atom. The van der Waals surface area contributed by atoms with Gasteiger partial charge in [-0.3, -0.25) is 4.79 Å². The van der Waals surface area contributed by atoms with Crippen molar-refractivity contribution in [2.75, 3.05) is 46.9 Å². The van der Waals surface area contributed by atoms with Gasteiger partial charge in [0.25, 0.3) is 0 Å². The first-order chi connectivity index (χ1) is 32.5. The van der Waals surface area contributed by atoms with E-state index in [9.17, 15) is 19.1 Å². The van der Waals surface area contributed by atoms with Crippen LogP contribution in [0.2, 0.25) is 5.02 Å². The van der Waals surface area contributed by atoms with Crippen molar-refractivity contribution in [1.29, 1.82) is 0 Å². The number of benzene rings is 4. The van der Waals surface area contributed by atoms with Gasteiger partial charge in [-0.1, -0.05) is 60.1 Å². The highest BCUT2D eigenvalue weighted by Gasteiger charge is 2.29. The molecule has 1 aliphatic heterocycles. The molecule has 346 valence electrons. The van der Waals surface area contributed by atoms with Crippen molar-refractivity contribution in [3.63, 3.8) is 0 Å². The number of carbonyl (C=O) groups is 2. The number of likely N-dealkylation sites (N-methyl/N-ethyl adjacent to an activating group) is 1. The van der Waals surface area contributed by atoms with E-state index in [0.717, 1.165) is 71.8 Å².